The van der Waals surface area contributed by atoms with Crippen molar-refractivity contribution in [3.63, 3.8) is 0 Å². The van der Waals surface area contributed by atoms with E-state index >= 15 is 0 Å². The zero-order chi connectivity index (χ0) is 11.7. The quantitative estimate of drug-likeness (QED) is 0.501. The summed E-state index contributed by atoms with van der Waals surface area (Å²) in [5.41, 5.74) is 0. The van der Waals surface area contributed by atoms with Gasteiger partial charge in [-0.05, 0) is 13.0 Å². The molecule has 0 amide bonds. The fourth-order valence-corrected chi connectivity index (χ4v) is 1.28. The standard InChI is InChI=1S/C10H19F3N2/c1-3-5-14-6-8-15(7-4-2)9-10(11,12)13/h3,14H,1,4-9H2,2H3. The van der Waals surface area contributed by atoms with Crippen LogP contribution in [0, 0.1) is 0 Å². The van der Waals surface area contributed by atoms with E-state index in [-0.39, 0.29) is 0 Å². The molecule has 0 unspecified atom stereocenters. The highest BCUT2D eigenvalue weighted by atomic mass is 19.4. The van der Waals surface area contributed by atoms with Gasteiger partial charge in [0.1, 0.15) is 0 Å². The SMILES string of the molecule is C=CCNCCN(CCC)CC(F)(F)F. The summed E-state index contributed by atoms with van der Waals surface area (Å²) in [6.07, 6.45) is -1.68. The van der Waals surface area contributed by atoms with Crippen LogP contribution in [0.25, 0.3) is 0 Å². The lowest BCUT2D eigenvalue weighted by Gasteiger charge is -2.22. The Morgan fingerprint density at radius 3 is 2.47 bits per heavy atom. The number of halogens is 3. The molecule has 1 N–H and O–H groups in total. The average Bonchev–Trinajstić information content (AvgIpc) is 2.10. The van der Waals surface area contributed by atoms with Crippen molar-refractivity contribution in [2.24, 2.45) is 0 Å². The highest BCUT2D eigenvalue weighted by Gasteiger charge is 2.29. The molecular weight excluding hydrogens is 205 g/mol. The largest absolute Gasteiger partial charge is 0.401 e. The smallest absolute Gasteiger partial charge is 0.312 e. The van der Waals surface area contributed by atoms with Gasteiger partial charge in [0.05, 0.1) is 6.54 Å². The lowest BCUT2D eigenvalue weighted by atomic mass is 10.4. The molecule has 5 heteroatoms. The van der Waals surface area contributed by atoms with Crippen LogP contribution in [-0.2, 0) is 0 Å². The molecule has 2 nitrogen and oxygen atoms in total. The normalized spacial score (nSPS) is 12.1. The van der Waals surface area contributed by atoms with E-state index in [4.69, 9.17) is 0 Å². The predicted octanol–water partition coefficient (Wildman–Crippen LogP) is 2.04. The zero-order valence-electron chi connectivity index (χ0n) is 9.11. The van der Waals surface area contributed by atoms with Gasteiger partial charge in [-0.15, -0.1) is 6.58 Å². The predicted molar refractivity (Wildman–Crippen MR) is 55.9 cm³/mol. The third-order valence-electron chi connectivity index (χ3n) is 1.84. The number of hydrogen-bond donors (Lipinski definition) is 1. The first-order valence-corrected chi connectivity index (χ1v) is 5.10. The van der Waals surface area contributed by atoms with Crippen LogP contribution in [0.5, 0.6) is 0 Å². The molecule has 0 saturated heterocycles. The molecule has 15 heavy (non-hydrogen) atoms. The van der Waals surface area contributed by atoms with Gasteiger partial charge in [-0.3, -0.25) is 4.90 Å². The Bertz CT molecular complexity index is 169. The first-order chi connectivity index (χ1) is 6.99. The van der Waals surface area contributed by atoms with Gasteiger partial charge in [-0.1, -0.05) is 13.0 Å². The third kappa shape index (κ3) is 9.75. The van der Waals surface area contributed by atoms with Crippen LogP contribution >= 0.6 is 0 Å². The maximum absolute atomic E-state index is 12.1. The lowest BCUT2D eigenvalue weighted by Crippen LogP contribution is -2.39. The fraction of sp³-hybridized carbons (Fsp3) is 0.800. The summed E-state index contributed by atoms with van der Waals surface area (Å²) in [5, 5.41) is 2.98. The number of hydrogen-bond acceptors (Lipinski definition) is 2. The number of alkyl halides is 3. The van der Waals surface area contributed by atoms with Crippen LogP contribution in [0.4, 0.5) is 13.2 Å². The first-order valence-electron chi connectivity index (χ1n) is 5.10. The van der Waals surface area contributed by atoms with Crippen LogP contribution in [-0.4, -0.2) is 43.8 Å². The van der Waals surface area contributed by atoms with Crippen LogP contribution in [0.2, 0.25) is 0 Å². The first kappa shape index (κ1) is 14.5. The van der Waals surface area contributed by atoms with Gasteiger partial charge in [0.15, 0.2) is 0 Å². The van der Waals surface area contributed by atoms with Crippen LogP contribution < -0.4 is 5.32 Å². The van der Waals surface area contributed by atoms with Gasteiger partial charge in [-0.25, -0.2) is 0 Å². The molecule has 0 heterocycles. The summed E-state index contributed by atoms with van der Waals surface area (Å²) in [7, 11) is 0. The summed E-state index contributed by atoms with van der Waals surface area (Å²) < 4.78 is 36.4. The summed E-state index contributed by atoms with van der Waals surface area (Å²) in [5.74, 6) is 0. The van der Waals surface area contributed by atoms with Crippen molar-refractivity contribution in [1.29, 1.82) is 0 Å². The van der Waals surface area contributed by atoms with Crippen LogP contribution in [0.3, 0.4) is 0 Å². The molecule has 0 rings (SSSR count). The van der Waals surface area contributed by atoms with Crippen molar-refractivity contribution in [2.45, 2.75) is 19.5 Å². The second-order valence-corrected chi connectivity index (χ2v) is 3.38. The fourth-order valence-electron chi connectivity index (χ4n) is 1.28. The lowest BCUT2D eigenvalue weighted by molar-refractivity contribution is -0.145. The Labute approximate surface area is 89.1 Å². The summed E-state index contributed by atoms with van der Waals surface area (Å²) in [4.78, 5) is 1.41. The molecule has 0 radical (unpaired) electrons. The van der Waals surface area contributed by atoms with E-state index in [0.717, 1.165) is 6.42 Å². The van der Waals surface area contributed by atoms with Crippen molar-refractivity contribution in [1.82, 2.24) is 10.2 Å². The van der Waals surface area contributed by atoms with E-state index in [0.29, 0.717) is 26.2 Å². The second-order valence-electron chi connectivity index (χ2n) is 3.38. The molecule has 0 aliphatic heterocycles. The van der Waals surface area contributed by atoms with E-state index in [1.165, 1.54) is 4.90 Å². The van der Waals surface area contributed by atoms with Gasteiger partial charge in [0.25, 0.3) is 0 Å². The van der Waals surface area contributed by atoms with E-state index < -0.39 is 12.7 Å². The molecule has 0 saturated carbocycles. The number of nitrogens with zero attached hydrogens (tertiary/aromatic N) is 1. The molecule has 0 spiro atoms. The Balaban J connectivity index is 3.77. The summed E-state index contributed by atoms with van der Waals surface area (Å²) in [6.45, 7) is 6.66. The monoisotopic (exact) mass is 224 g/mol. The van der Waals surface area contributed by atoms with E-state index in [1.54, 1.807) is 6.08 Å². The molecule has 0 fully saturated rings. The Kier molecular flexibility index (Phi) is 7.42. The van der Waals surface area contributed by atoms with Gasteiger partial charge < -0.3 is 5.32 Å². The van der Waals surface area contributed by atoms with E-state index in [1.807, 2.05) is 6.92 Å². The Morgan fingerprint density at radius 2 is 2.00 bits per heavy atom. The topological polar surface area (TPSA) is 15.3 Å². The molecule has 0 aromatic carbocycles. The Morgan fingerprint density at radius 1 is 1.33 bits per heavy atom. The van der Waals surface area contributed by atoms with E-state index in [9.17, 15) is 13.2 Å². The molecule has 0 aromatic rings. The molecule has 0 bridgehead atoms. The minimum atomic E-state index is -4.10. The molecule has 0 atom stereocenters. The van der Waals surface area contributed by atoms with Crippen molar-refractivity contribution in [3.05, 3.63) is 12.7 Å². The van der Waals surface area contributed by atoms with Gasteiger partial charge in [0.2, 0.25) is 0 Å². The van der Waals surface area contributed by atoms with Gasteiger partial charge >= 0.3 is 6.18 Å². The highest BCUT2D eigenvalue weighted by molar-refractivity contribution is 4.71. The van der Waals surface area contributed by atoms with E-state index in [2.05, 4.69) is 11.9 Å². The van der Waals surface area contributed by atoms with Crippen molar-refractivity contribution in [2.75, 3.05) is 32.7 Å². The van der Waals surface area contributed by atoms with Gasteiger partial charge in [-0.2, -0.15) is 13.2 Å². The minimum Gasteiger partial charge on any atom is -0.312 e. The Hall–Kier alpha value is -0.550. The van der Waals surface area contributed by atoms with Crippen LogP contribution in [0.15, 0.2) is 12.7 Å². The minimum absolute atomic E-state index is 0.418. The van der Waals surface area contributed by atoms with Crippen molar-refractivity contribution >= 4 is 0 Å². The third-order valence-corrected chi connectivity index (χ3v) is 1.84. The van der Waals surface area contributed by atoms with Gasteiger partial charge in [0, 0.05) is 19.6 Å². The maximum atomic E-state index is 12.1. The summed E-state index contributed by atoms with van der Waals surface area (Å²) in [6, 6.07) is 0. The summed E-state index contributed by atoms with van der Waals surface area (Å²) >= 11 is 0. The average molecular weight is 224 g/mol. The molecule has 0 aliphatic rings. The number of rotatable bonds is 8. The maximum Gasteiger partial charge on any atom is 0.401 e. The molecular formula is C10H19F3N2. The highest BCUT2D eigenvalue weighted by Crippen LogP contribution is 2.16. The molecule has 0 aliphatic carbocycles. The van der Waals surface area contributed by atoms with Crippen LogP contribution in [0.1, 0.15) is 13.3 Å². The molecule has 0 aromatic heterocycles. The van der Waals surface area contributed by atoms with Crippen molar-refractivity contribution in [3.8, 4) is 0 Å². The van der Waals surface area contributed by atoms with Crippen molar-refractivity contribution < 1.29 is 13.2 Å². The second kappa shape index (κ2) is 7.70. The number of nitrogens with one attached hydrogen (secondary N) is 1. The zero-order valence-corrected chi connectivity index (χ0v) is 9.11. The molecule has 90 valence electrons.